The van der Waals surface area contributed by atoms with Gasteiger partial charge in [0.25, 0.3) is 0 Å². The van der Waals surface area contributed by atoms with E-state index in [-0.39, 0.29) is 35.1 Å². The number of aromatic hydroxyl groups is 1. The molecule has 0 spiro atoms. The summed E-state index contributed by atoms with van der Waals surface area (Å²) in [6, 6.07) is 3.47. The maximum atomic E-state index is 13.7. The van der Waals surface area contributed by atoms with E-state index in [1.54, 1.807) is 6.07 Å². The quantitative estimate of drug-likeness (QED) is 0.0648. The lowest BCUT2D eigenvalue weighted by Crippen LogP contribution is -2.37. The highest BCUT2D eigenvalue weighted by Crippen LogP contribution is 2.36. The summed E-state index contributed by atoms with van der Waals surface area (Å²) in [7, 11) is 0. The molecule has 0 unspecified atom stereocenters. The summed E-state index contributed by atoms with van der Waals surface area (Å²) in [5, 5.41) is 23.1. The van der Waals surface area contributed by atoms with E-state index in [1.807, 2.05) is 32.8 Å². The monoisotopic (exact) mass is 545 g/mol. The molecule has 8 nitrogen and oxygen atoms in total. The Morgan fingerprint density at radius 3 is 2.50 bits per heavy atom. The molecule has 0 aliphatic heterocycles. The maximum Gasteiger partial charge on any atom is 0.347 e. The highest BCUT2D eigenvalue weighted by Gasteiger charge is 2.19. The van der Waals surface area contributed by atoms with Gasteiger partial charge in [-0.2, -0.15) is 4.99 Å². The second-order valence-corrected chi connectivity index (χ2v) is 9.23. The van der Waals surface area contributed by atoms with Crippen LogP contribution in [-0.4, -0.2) is 40.7 Å². The number of guanidine groups is 1. The summed E-state index contributed by atoms with van der Waals surface area (Å²) in [4.78, 5) is 30.7. The second-order valence-electron chi connectivity index (χ2n) is 7.94. The number of hydrogen-bond donors (Lipinski definition) is 4. The van der Waals surface area contributed by atoms with E-state index in [0.29, 0.717) is 12.1 Å². The molecule has 0 aliphatic carbocycles. The van der Waals surface area contributed by atoms with Gasteiger partial charge in [0.05, 0.1) is 12.2 Å². The predicted octanol–water partition coefficient (Wildman–Crippen LogP) is 5.31. The molecule has 2 aromatic carbocycles. The number of phenols is 1. The summed E-state index contributed by atoms with van der Waals surface area (Å²) < 4.78 is 40.7. The molecular formula is C26H26F3N5O3S. The van der Waals surface area contributed by atoms with Gasteiger partial charge in [0.15, 0.2) is 17.5 Å². The average molecular weight is 546 g/mol. The first-order chi connectivity index (χ1) is 18.0. The van der Waals surface area contributed by atoms with Crippen molar-refractivity contribution in [2.75, 3.05) is 11.9 Å². The number of urea groups is 1. The lowest BCUT2D eigenvalue weighted by Gasteiger charge is -2.21. The van der Waals surface area contributed by atoms with Gasteiger partial charge in [0.2, 0.25) is 12.4 Å². The Morgan fingerprint density at radius 2 is 1.92 bits per heavy atom. The van der Waals surface area contributed by atoms with Crippen molar-refractivity contribution in [3.8, 4) is 18.1 Å². The smallest absolute Gasteiger partial charge is 0.347 e. The second kappa shape index (κ2) is 13.9. The zero-order valence-electron chi connectivity index (χ0n) is 20.9. The standard InChI is InChI=1S/C26H26F3N5O3S/c1-5-7-16(4)38-23-11-21(22(36)8-15(23)3)32-25(31-14-35)33-26(37)34(13-18(30)6-2)12-17-9-19(27)24(29)20(28)10-17/h2,7-11,14,30,36H,5,12-13H2,1,3-4H3,(H2,31,32,33,35,37)/b16-7+,30-18?. The lowest BCUT2D eigenvalue weighted by atomic mass is 10.2. The third kappa shape index (κ3) is 8.41. The molecule has 0 saturated heterocycles. The van der Waals surface area contributed by atoms with Crippen molar-refractivity contribution >= 4 is 41.6 Å². The summed E-state index contributed by atoms with van der Waals surface area (Å²) in [5.41, 5.74) is 0.454. The number of allylic oxidation sites excluding steroid dienone is 2. The van der Waals surface area contributed by atoms with Crippen LogP contribution in [0.5, 0.6) is 5.75 Å². The van der Waals surface area contributed by atoms with Crippen LogP contribution in [0.15, 0.2) is 45.1 Å². The Morgan fingerprint density at radius 1 is 1.26 bits per heavy atom. The highest BCUT2D eigenvalue weighted by atomic mass is 32.2. The SMILES string of the molecule is C#CC(=N)CN(Cc1cc(F)c(F)c(F)c1)C(=O)/N=C(\NC=O)Nc1cc(S/C(C)=C/CC)c(C)cc1O. The van der Waals surface area contributed by atoms with Crippen LogP contribution in [0.4, 0.5) is 23.7 Å². The molecule has 0 radical (unpaired) electrons. The molecule has 0 aliphatic rings. The molecule has 2 rings (SSSR count). The Hall–Kier alpha value is -4.24. The van der Waals surface area contributed by atoms with E-state index in [2.05, 4.69) is 15.6 Å². The van der Waals surface area contributed by atoms with Gasteiger partial charge in [-0.3, -0.25) is 15.5 Å². The number of carbonyl (C=O) groups is 2. The van der Waals surface area contributed by atoms with Gasteiger partial charge in [-0.05, 0) is 60.6 Å². The molecule has 0 fully saturated rings. The molecule has 38 heavy (non-hydrogen) atoms. The number of halogens is 3. The number of aryl methyl sites for hydroxylation is 1. The van der Waals surface area contributed by atoms with Crippen LogP contribution in [0.25, 0.3) is 0 Å². The van der Waals surface area contributed by atoms with E-state index in [4.69, 9.17) is 11.8 Å². The Bertz CT molecular complexity index is 1320. The van der Waals surface area contributed by atoms with Crippen LogP contribution < -0.4 is 10.6 Å². The van der Waals surface area contributed by atoms with E-state index < -0.39 is 36.6 Å². The number of carbonyl (C=O) groups excluding carboxylic acids is 2. The van der Waals surface area contributed by atoms with Crippen LogP contribution in [0.1, 0.15) is 31.4 Å². The summed E-state index contributed by atoms with van der Waals surface area (Å²) in [5.74, 6) is -3.11. The van der Waals surface area contributed by atoms with Crippen molar-refractivity contribution in [2.45, 2.75) is 38.6 Å². The Balaban J connectivity index is 2.40. The first kappa shape index (κ1) is 30.0. The third-order valence-corrected chi connectivity index (χ3v) is 6.07. The average Bonchev–Trinajstić information content (AvgIpc) is 2.85. The minimum absolute atomic E-state index is 0.124. The molecule has 2 aromatic rings. The van der Waals surface area contributed by atoms with Gasteiger partial charge in [-0.1, -0.05) is 30.7 Å². The van der Waals surface area contributed by atoms with Gasteiger partial charge in [0, 0.05) is 11.4 Å². The van der Waals surface area contributed by atoms with Gasteiger partial charge in [0.1, 0.15) is 11.5 Å². The Kier molecular flexibility index (Phi) is 11.0. The fraction of sp³-hybridized carbons (Fsp3) is 0.231. The topological polar surface area (TPSA) is 118 Å². The van der Waals surface area contributed by atoms with Crippen LogP contribution in [0.2, 0.25) is 0 Å². The minimum Gasteiger partial charge on any atom is -0.506 e. The molecule has 12 heteroatoms. The van der Waals surface area contributed by atoms with Crippen LogP contribution >= 0.6 is 11.8 Å². The van der Waals surface area contributed by atoms with Gasteiger partial charge in [-0.15, -0.1) is 6.42 Å². The Labute approximate surface area is 222 Å². The maximum absolute atomic E-state index is 13.7. The van der Waals surface area contributed by atoms with Crippen molar-refractivity contribution in [3.63, 3.8) is 0 Å². The fourth-order valence-electron chi connectivity index (χ4n) is 3.18. The summed E-state index contributed by atoms with van der Waals surface area (Å²) in [6.45, 7) is 4.81. The van der Waals surface area contributed by atoms with Crippen molar-refractivity contribution < 1.29 is 27.9 Å². The van der Waals surface area contributed by atoms with E-state index in [9.17, 15) is 27.9 Å². The number of phenolic OH excluding ortho intramolecular Hbond substituents is 1. The number of rotatable bonds is 9. The number of anilines is 1. The number of hydrogen-bond acceptors (Lipinski definition) is 5. The molecule has 0 heterocycles. The minimum atomic E-state index is -1.67. The molecule has 200 valence electrons. The van der Waals surface area contributed by atoms with Crippen molar-refractivity contribution in [1.29, 1.82) is 5.41 Å². The summed E-state index contributed by atoms with van der Waals surface area (Å²) >= 11 is 1.47. The lowest BCUT2D eigenvalue weighted by molar-refractivity contribution is -0.108. The van der Waals surface area contributed by atoms with Crippen molar-refractivity contribution in [1.82, 2.24) is 10.2 Å². The highest BCUT2D eigenvalue weighted by molar-refractivity contribution is 8.03. The largest absolute Gasteiger partial charge is 0.506 e. The van der Waals surface area contributed by atoms with Gasteiger partial charge in [-0.25, -0.2) is 18.0 Å². The van der Waals surface area contributed by atoms with Crippen molar-refractivity contribution in [2.24, 2.45) is 4.99 Å². The first-order valence-corrected chi connectivity index (χ1v) is 12.0. The summed E-state index contributed by atoms with van der Waals surface area (Å²) in [6.07, 6.45) is 8.32. The predicted molar refractivity (Wildman–Crippen MR) is 142 cm³/mol. The number of benzene rings is 2. The van der Waals surface area contributed by atoms with E-state index in [0.717, 1.165) is 26.7 Å². The molecule has 0 bridgehead atoms. The van der Waals surface area contributed by atoms with Crippen LogP contribution in [0.3, 0.4) is 0 Å². The van der Waals surface area contributed by atoms with Gasteiger partial charge >= 0.3 is 6.03 Å². The van der Waals surface area contributed by atoms with Crippen LogP contribution in [-0.2, 0) is 11.3 Å². The van der Waals surface area contributed by atoms with Gasteiger partial charge < -0.3 is 15.3 Å². The molecule has 0 aromatic heterocycles. The number of thioether (sulfide) groups is 1. The fourth-order valence-corrected chi connectivity index (χ4v) is 4.17. The van der Waals surface area contributed by atoms with Crippen LogP contribution in [0, 0.1) is 42.1 Å². The molecule has 0 saturated carbocycles. The number of amides is 3. The first-order valence-electron chi connectivity index (χ1n) is 11.2. The number of nitrogens with zero attached hydrogens (tertiary/aromatic N) is 2. The normalized spacial score (nSPS) is 11.5. The zero-order chi connectivity index (χ0) is 28.4. The molecule has 0 atom stereocenters. The third-order valence-electron chi connectivity index (χ3n) is 4.92. The van der Waals surface area contributed by atoms with Crippen molar-refractivity contribution in [3.05, 3.63) is 63.8 Å². The molecule has 3 amide bonds. The number of nitrogens with one attached hydrogen (secondary N) is 3. The molecular weight excluding hydrogens is 519 g/mol. The van der Waals surface area contributed by atoms with E-state index in [1.165, 1.54) is 17.8 Å². The van der Waals surface area contributed by atoms with E-state index >= 15 is 0 Å². The number of terminal acetylenes is 1. The number of aliphatic imine (C=N–C) groups is 1. The molecule has 4 N–H and O–H groups in total. The zero-order valence-corrected chi connectivity index (χ0v) is 21.7.